The fraction of sp³-hybridized carbons (Fsp3) is 0.143. The summed E-state index contributed by atoms with van der Waals surface area (Å²) >= 11 is 1.34. The molecule has 0 spiro atoms. The predicted octanol–water partition coefficient (Wildman–Crippen LogP) is 3.80. The molecule has 0 heterocycles. The Labute approximate surface area is 115 Å². The van der Waals surface area contributed by atoms with Gasteiger partial charge in [-0.3, -0.25) is 10.1 Å². The number of rotatable bonds is 4. The first-order valence-electron chi connectivity index (χ1n) is 5.77. The molecule has 1 atom stereocenters. The van der Waals surface area contributed by atoms with Gasteiger partial charge in [-0.25, -0.2) is 0 Å². The molecule has 2 rings (SSSR count). The third-order valence-electron chi connectivity index (χ3n) is 2.63. The number of nitro groups is 1. The highest BCUT2D eigenvalue weighted by Crippen LogP contribution is 2.36. The van der Waals surface area contributed by atoms with Crippen LogP contribution in [-0.2, 0) is 0 Å². The van der Waals surface area contributed by atoms with Crippen molar-refractivity contribution < 1.29 is 10.0 Å². The maximum Gasteiger partial charge on any atom is 0.283 e. The van der Waals surface area contributed by atoms with Gasteiger partial charge in [-0.15, -0.1) is 0 Å². The average molecular weight is 275 g/mol. The Morgan fingerprint density at radius 1 is 1.21 bits per heavy atom. The van der Waals surface area contributed by atoms with Gasteiger partial charge < -0.3 is 5.11 Å². The lowest BCUT2D eigenvalue weighted by Crippen LogP contribution is -1.96. The highest BCUT2D eigenvalue weighted by atomic mass is 32.2. The van der Waals surface area contributed by atoms with Crippen LogP contribution in [0.5, 0.6) is 0 Å². The Kier molecular flexibility index (Phi) is 4.19. The van der Waals surface area contributed by atoms with Gasteiger partial charge in [-0.1, -0.05) is 36.0 Å². The summed E-state index contributed by atoms with van der Waals surface area (Å²) < 4.78 is 0. The van der Waals surface area contributed by atoms with E-state index in [0.717, 1.165) is 4.90 Å². The molecule has 0 amide bonds. The molecule has 5 heteroatoms. The van der Waals surface area contributed by atoms with Crippen LogP contribution in [-0.4, -0.2) is 10.0 Å². The van der Waals surface area contributed by atoms with Gasteiger partial charge in [0.1, 0.15) is 0 Å². The normalized spacial score (nSPS) is 12.1. The molecule has 0 fully saturated rings. The van der Waals surface area contributed by atoms with E-state index in [1.54, 1.807) is 19.1 Å². The first-order valence-corrected chi connectivity index (χ1v) is 6.59. The molecule has 0 saturated heterocycles. The van der Waals surface area contributed by atoms with E-state index < -0.39 is 11.0 Å². The molecular weight excluding hydrogens is 262 g/mol. The van der Waals surface area contributed by atoms with Crippen LogP contribution in [0.25, 0.3) is 0 Å². The molecular formula is C14H13NO3S. The summed E-state index contributed by atoms with van der Waals surface area (Å²) in [6.45, 7) is 1.59. The zero-order valence-electron chi connectivity index (χ0n) is 10.3. The molecule has 0 aliphatic rings. The second-order valence-electron chi connectivity index (χ2n) is 4.08. The Balaban J connectivity index is 2.37. The molecule has 0 aromatic heterocycles. The first-order chi connectivity index (χ1) is 9.08. The Morgan fingerprint density at radius 3 is 2.47 bits per heavy atom. The van der Waals surface area contributed by atoms with Crippen molar-refractivity contribution in [3.8, 4) is 0 Å². The molecule has 4 nitrogen and oxygen atoms in total. The number of aliphatic hydroxyl groups excluding tert-OH is 1. The molecule has 1 N–H and O–H groups in total. The van der Waals surface area contributed by atoms with Crippen molar-refractivity contribution in [1.29, 1.82) is 0 Å². The molecule has 98 valence electrons. The van der Waals surface area contributed by atoms with Crippen LogP contribution < -0.4 is 0 Å². The monoisotopic (exact) mass is 275 g/mol. The van der Waals surface area contributed by atoms with Crippen LogP contribution in [0.4, 0.5) is 5.69 Å². The molecule has 0 aliphatic heterocycles. The Morgan fingerprint density at radius 2 is 1.89 bits per heavy atom. The van der Waals surface area contributed by atoms with Gasteiger partial charge in [0, 0.05) is 11.0 Å². The van der Waals surface area contributed by atoms with Crippen molar-refractivity contribution in [3.63, 3.8) is 0 Å². The second kappa shape index (κ2) is 5.86. The summed E-state index contributed by atoms with van der Waals surface area (Å²) in [5.41, 5.74) is 0.566. The summed E-state index contributed by atoms with van der Waals surface area (Å²) in [7, 11) is 0. The summed E-state index contributed by atoms with van der Waals surface area (Å²) in [5, 5.41) is 20.6. The molecule has 0 bridgehead atoms. The molecule has 2 aromatic carbocycles. The quantitative estimate of drug-likeness (QED) is 0.681. The minimum absolute atomic E-state index is 0.0206. The van der Waals surface area contributed by atoms with Crippen LogP contribution in [0.15, 0.2) is 58.3 Å². The zero-order chi connectivity index (χ0) is 13.8. The van der Waals surface area contributed by atoms with Crippen molar-refractivity contribution in [2.45, 2.75) is 22.8 Å². The van der Waals surface area contributed by atoms with Crippen molar-refractivity contribution in [2.75, 3.05) is 0 Å². The van der Waals surface area contributed by atoms with E-state index in [1.807, 2.05) is 30.3 Å². The van der Waals surface area contributed by atoms with Crippen molar-refractivity contribution in [1.82, 2.24) is 0 Å². The van der Waals surface area contributed by atoms with Crippen molar-refractivity contribution >= 4 is 17.4 Å². The fourth-order valence-electron chi connectivity index (χ4n) is 1.64. The number of aliphatic hydroxyl groups is 1. The number of nitro benzene ring substituents is 1. The Hall–Kier alpha value is -1.85. The molecule has 19 heavy (non-hydrogen) atoms. The molecule has 2 aromatic rings. The van der Waals surface area contributed by atoms with Crippen LogP contribution in [0, 0.1) is 10.1 Å². The number of benzene rings is 2. The van der Waals surface area contributed by atoms with Crippen molar-refractivity contribution in [2.24, 2.45) is 0 Å². The second-order valence-corrected chi connectivity index (χ2v) is 5.19. The van der Waals surface area contributed by atoms with Crippen LogP contribution in [0.1, 0.15) is 18.6 Å². The third kappa shape index (κ3) is 3.33. The van der Waals surface area contributed by atoms with Gasteiger partial charge >= 0.3 is 0 Å². The highest BCUT2D eigenvalue weighted by molar-refractivity contribution is 7.99. The van der Waals surface area contributed by atoms with E-state index in [-0.39, 0.29) is 5.69 Å². The van der Waals surface area contributed by atoms with Gasteiger partial charge in [0.2, 0.25) is 0 Å². The highest BCUT2D eigenvalue weighted by Gasteiger charge is 2.17. The van der Waals surface area contributed by atoms with E-state index in [4.69, 9.17) is 0 Å². The van der Waals surface area contributed by atoms with E-state index >= 15 is 0 Å². The van der Waals surface area contributed by atoms with E-state index in [9.17, 15) is 15.2 Å². The number of hydrogen-bond acceptors (Lipinski definition) is 4. The summed E-state index contributed by atoms with van der Waals surface area (Å²) in [6, 6.07) is 14.3. The molecule has 0 saturated carbocycles. The van der Waals surface area contributed by atoms with Gasteiger partial charge in [0.25, 0.3) is 5.69 Å². The lowest BCUT2D eigenvalue weighted by Gasteiger charge is -2.07. The van der Waals surface area contributed by atoms with Crippen LogP contribution in [0.3, 0.4) is 0 Å². The summed E-state index contributed by atoms with van der Waals surface area (Å²) in [4.78, 5) is 12.2. The molecule has 0 unspecified atom stereocenters. The maximum atomic E-state index is 11.1. The fourth-order valence-corrected chi connectivity index (χ4v) is 2.56. The summed E-state index contributed by atoms with van der Waals surface area (Å²) in [5.74, 6) is 0. The van der Waals surface area contributed by atoms with Crippen molar-refractivity contribution in [3.05, 3.63) is 64.2 Å². The van der Waals surface area contributed by atoms with Gasteiger partial charge in [-0.05, 0) is 30.7 Å². The van der Waals surface area contributed by atoms with Gasteiger partial charge in [-0.2, -0.15) is 0 Å². The lowest BCUT2D eigenvalue weighted by molar-refractivity contribution is -0.387. The number of hydrogen-bond donors (Lipinski definition) is 1. The van der Waals surface area contributed by atoms with Crippen LogP contribution in [0.2, 0.25) is 0 Å². The first kappa shape index (κ1) is 13.6. The minimum Gasteiger partial charge on any atom is -0.389 e. The average Bonchev–Trinajstić information content (AvgIpc) is 2.39. The topological polar surface area (TPSA) is 63.4 Å². The summed E-state index contributed by atoms with van der Waals surface area (Å²) in [6.07, 6.45) is -0.713. The smallest absolute Gasteiger partial charge is 0.283 e. The SMILES string of the molecule is C[C@H](O)c1ccc(Sc2ccccc2)c([N+](=O)[O-])c1. The molecule has 0 aliphatic carbocycles. The van der Waals surface area contributed by atoms with E-state index in [0.29, 0.717) is 10.5 Å². The maximum absolute atomic E-state index is 11.1. The Bertz CT molecular complexity index is 584. The van der Waals surface area contributed by atoms with Gasteiger partial charge in [0.15, 0.2) is 0 Å². The lowest BCUT2D eigenvalue weighted by atomic mass is 10.1. The molecule has 0 radical (unpaired) electrons. The predicted molar refractivity (Wildman–Crippen MR) is 74.3 cm³/mol. The zero-order valence-corrected chi connectivity index (χ0v) is 11.1. The van der Waals surface area contributed by atoms with E-state index in [1.165, 1.54) is 17.8 Å². The van der Waals surface area contributed by atoms with Crippen LogP contribution >= 0.6 is 11.8 Å². The largest absolute Gasteiger partial charge is 0.389 e. The van der Waals surface area contributed by atoms with Gasteiger partial charge in [0.05, 0.1) is 15.9 Å². The third-order valence-corrected chi connectivity index (χ3v) is 3.71. The van der Waals surface area contributed by atoms with E-state index in [2.05, 4.69) is 0 Å². The standard InChI is InChI=1S/C14H13NO3S/c1-10(16)11-7-8-14(13(9-11)15(17)18)19-12-5-3-2-4-6-12/h2-10,16H,1H3/t10-/m0/s1. The minimum atomic E-state index is -0.713. The number of nitrogens with zero attached hydrogens (tertiary/aromatic N) is 1.